The van der Waals surface area contributed by atoms with E-state index in [0.717, 1.165) is 24.9 Å². The minimum atomic E-state index is -0.402. The van der Waals surface area contributed by atoms with Crippen molar-refractivity contribution in [1.82, 2.24) is 0 Å². The Kier molecular flexibility index (Phi) is 7.35. The van der Waals surface area contributed by atoms with Gasteiger partial charge in [-0.1, -0.05) is 24.6 Å². The van der Waals surface area contributed by atoms with Gasteiger partial charge >= 0.3 is 0 Å². The molecule has 5 nitrogen and oxygen atoms in total. The van der Waals surface area contributed by atoms with Crippen LogP contribution >= 0.6 is 12.4 Å². The zero-order valence-corrected chi connectivity index (χ0v) is 13.4. The molecule has 0 unspecified atom stereocenters. The number of rotatable bonds is 6. The molecule has 2 amide bonds. The fourth-order valence-corrected chi connectivity index (χ4v) is 2.88. The van der Waals surface area contributed by atoms with Crippen molar-refractivity contribution < 1.29 is 9.59 Å². The molecular weight excluding hydrogens is 302 g/mol. The first-order valence-electron chi connectivity index (χ1n) is 7.47. The molecule has 1 aromatic carbocycles. The molecule has 0 aliphatic heterocycles. The number of para-hydroxylation sites is 1. The van der Waals surface area contributed by atoms with E-state index in [0.29, 0.717) is 13.0 Å². The molecule has 0 heterocycles. The van der Waals surface area contributed by atoms with Gasteiger partial charge in [-0.05, 0) is 30.9 Å². The molecule has 1 aromatic rings. The summed E-state index contributed by atoms with van der Waals surface area (Å²) in [5, 5.41) is 0. The summed E-state index contributed by atoms with van der Waals surface area (Å²) in [4.78, 5) is 25.2. The molecule has 122 valence electrons. The zero-order chi connectivity index (χ0) is 15.2. The maximum Gasteiger partial charge on any atom is 0.227 e. The summed E-state index contributed by atoms with van der Waals surface area (Å²) in [7, 11) is 0. The highest BCUT2D eigenvalue weighted by Gasteiger charge is 2.28. The minimum absolute atomic E-state index is 0. The molecule has 4 N–H and O–H groups in total. The van der Waals surface area contributed by atoms with Crippen molar-refractivity contribution in [3.05, 3.63) is 30.3 Å². The first-order chi connectivity index (χ1) is 10.1. The molecule has 0 spiro atoms. The number of carbonyl (C=O) groups is 2. The number of benzene rings is 1. The summed E-state index contributed by atoms with van der Waals surface area (Å²) in [5.41, 5.74) is 12.1. The van der Waals surface area contributed by atoms with Crippen molar-refractivity contribution in [2.24, 2.45) is 17.4 Å². The van der Waals surface area contributed by atoms with E-state index in [-0.39, 0.29) is 36.7 Å². The van der Waals surface area contributed by atoms with E-state index in [4.69, 9.17) is 11.5 Å². The topological polar surface area (TPSA) is 89.4 Å². The minimum Gasteiger partial charge on any atom is -0.370 e. The Morgan fingerprint density at radius 3 is 2.41 bits per heavy atom. The van der Waals surface area contributed by atoms with Crippen LogP contribution in [0, 0.1) is 5.92 Å². The van der Waals surface area contributed by atoms with Crippen LogP contribution in [-0.2, 0) is 9.59 Å². The molecule has 0 aromatic heterocycles. The maximum absolute atomic E-state index is 12.6. The Morgan fingerprint density at radius 1 is 1.18 bits per heavy atom. The van der Waals surface area contributed by atoms with Gasteiger partial charge in [-0.15, -0.1) is 12.4 Å². The predicted octanol–water partition coefficient (Wildman–Crippen LogP) is 1.83. The van der Waals surface area contributed by atoms with Crippen molar-refractivity contribution >= 4 is 29.9 Å². The summed E-state index contributed by atoms with van der Waals surface area (Å²) >= 11 is 0. The number of hydrogen-bond donors (Lipinski definition) is 2. The van der Waals surface area contributed by atoms with Gasteiger partial charge in [-0.25, -0.2) is 0 Å². The van der Waals surface area contributed by atoms with Crippen molar-refractivity contribution in [3.8, 4) is 0 Å². The summed E-state index contributed by atoms with van der Waals surface area (Å²) < 4.78 is 0. The average Bonchev–Trinajstić information content (AvgIpc) is 2.85. The number of nitrogens with two attached hydrogens (primary N) is 2. The lowest BCUT2D eigenvalue weighted by molar-refractivity contribution is -0.120. The van der Waals surface area contributed by atoms with Gasteiger partial charge in [0.2, 0.25) is 11.8 Å². The van der Waals surface area contributed by atoms with E-state index in [1.807, 2.05) is 30.3 Å². The van der Waals surface area contributed by atoms with Crippen molar-refractivity contribution in [2.45, 2.75) is 38.1 Å². The third kappa shape index (κ3) is 5.00. The first-order valence-corrected chi connectivity index (χ1v) is 7.47. The normalized spacial score (nSPS) is 20.2. The van der Waals surface area contributed by atoms with Crippen LogP contribution < -0.4 is 16.4 Å². The van der Waals surface area contributed by atoms with E-state index in [1.165, 1.54) is 0 Å². The number of anilines is 1. The van der Waals surface area contributed by atoms with Gasteiger partial charge in [0, 0.05) is 31.1 Å². The first kappa shape index (κ1) is 18.5. The molecular formula is C16H24ClN3O2. The largest absolute Gasteiger partial charge is 0.370 e. The van der Waals surface area contributed by atoms with Gasteiger partial charge < -0.3 is 16.4 Å². The van der Waals surface area contributed by atoms with Crippen molar-refractivity contribution in [2.75, 3.05) is 11.4 Å². The number of hydrogen-bond acceptors (Lipinski definition) is 3. The second kappa shape index (κ2) is 8.76. The smallest absolute Gasteiger partial charge is 0.227 e. The Morgan fingerprint density at radius 2 is 1.86 bits per heavy atom. The molecule has 6 heteroatoms. The van der Waals surface area contributed by atoms with Crippen LogP contribution in [0.2, 0.25) is 0 Å². The summed E-state index contributed by atoms with van der Waals surface area (Å²) in [6.45, 7) is 0.320. The van der Waals surface area contributed by atoms with Gasteiger partial charge in [0.05, 0.1) is 0 Å². The molecule has 0 bridgehead atoms. The van der Waals surface area contributed by atoms with E-state index in [2.05, 4.69) is 0 Å². The van der Waals surface area contributed by atoms with Gasteiger partial charge in [-0.3, -0.25) is 9.59 Å². The van der Waals surface area contributed by atoms with E-state index in [9.17, 15) is 9.59 Å². The average molecular weight is 326 g/mol. The number of halogens is 1. The number of primary amides is 1. The number of nitrogens with zero attached hydrogens (tertiary/aromatic N) is 1. The molecule has 0 saturated heterocycles. The Hall–Kier alpha value is -1.59. The third-order valence-corrected chi connectivity index (χ3v) is 4.11. The lowest BCUT2D eigenvalue weighted by atomic mass is 9.99. The van der Waals surface area contributed by atoms with Crippen molar-refractivity contribution in [1.29, 1.82) is 0 Å². The summed E-state index contributed by atoms with van der Waals surface area (Å²) in [6, 6.07) is 9.50. The molecule has 1 saturated carbocycles. The maximum atomic E-state index is 12.6. The number of carbonyl (C=O) groups excluding carboxylic acids is 2. The Labute approximate surface area is 137 Å². The fraction of sp³-hybridized carbons (Fsp3) is 0.500. The monoisotopic (exact) mass is 325 g/mol. The standard InChI is InChI=1S/C16H23N3O2.ClH/c17-14-8-4-5-12(14)11-16(21)19(10-9-15(18)20)13-6-2-1-3-7-13;/h1-3,6-7,12,14H,4-5,8-11,17H2,(H2,18,20);1H/t12-,14+;/m0./s1. The summed E-state index contributed by atoms with van der Waals surface area (Å²) in [5.74, 6) is -0.136. The van der Waals surface area contributed by atoms with Crippen LogP contribution in [0.5, 0.6) is 0 Å². The molecule has 2 rings (SSSR count). The zero-order valence-electron chi connectivity index (χ0n) is 12.6. The third-order valence-electron chi connectivity index (χ3n) is 4.11. The molecule has 1 fully saturated rings. The lowest BCUT2D eigenvalue weighted by Crippen LogP contribution is -2.37. The van der Waals surface area contributed by atoms with Crippen LogP contribution in [0.4, 0.5) is 5.69 Å². The van der Waals surface area contributed by atoms with E-state index in [1.54, 1.807) is 4.90 Å². The van der Waals surface area contributed by atoms with Gasteiger partial charge in [0.1, 0.15) is 0 Å². The molecule has 1 aliphatic carbocycles. The highest BCUT2D eigenvalue weighted by atomic mass is 35.5. The highest BCUT2D eigenvalue weighted by molar-refractivity contribution is 5.94. The number of amides is 2. The lowest BCUT2D eigenvalue weighted by Gasteiger charge is -2.25. The SMILES string of the molecule is Cl.NC(=O)CCN(C(=O)C[C@@H]1CCC[C@H]1N)c1ccccc1. The highest BCUT2D eigenvalue weighted by Crippen LogP contribution is 2.28. The Balaban J connectivity index is 0.00000242. The van der Waals surface area contributed by atoms with Crippen LogP contribution in [0.15, 0.2) is 30.3 Å². The fourth-order valence-electron chi connectivity index (χ4n) is 2.88. The van der Waals surface area contributed by atoms with E-state index >= 15 is 0 Å². The van der Waals surface area contributed by atoms with Gasteiger partial charge in [0.25, 0.3) is 0 Å². The molecule has 22 heavy (non-hydrogen) atoms. The second-order valence-corrected chi connectivity index (χ2v) is 5.66. The second-order valence-electron chi connectivity index (χ2n) is 5.66. The van der Waals surface area contributed by atoms with E-state index < -0.39 is 5.91 Å². The molecule has 0 radical (unpaired) electrons. The van der Waals surface area contributed by atoms with Crippen LogP contribution in [0.25, 0.3) is 0 Å². The quantitative estimate of drug-likeness (QED) is 0.836. The van der Waals surface area contributed by atoms with Gasteiger partial charge in [-0.2, -0.15) is 0 Å². The van der Waals surface area contributed by atoms with Crippen molar-refractivity contribution in [3.63, 3.8) is 0 Å². The summed E-state index contributed by atoms with van der Waals surface area (Å²) in [6.07, 6.45) is 3.69. The molecule has 1 aliphatic rings. The Bertz CT molecular complexity index is 495. The van der Waals surface area contributed by atoms with Crippen LogP contribution in [0.3, 0.4) is 0 Å². The molecule has 2 atom stereocenters. The van der Waals surface area contributed by atoms with Crippen LogP contribution in [-0.4, -0.2) is 24.4 Å². The van der Waals surface area contributed by atoms with Gasteiger partial charge in [0.15, 0.2) is 0 Å². The predicted molar refractivity (Wildman–Crippen MR) is 89.8 cm³/mol. The van der Waals surface area contributed by atoms with Crippen LogP contribution in [0.1, 0.15) is 32.1 Å².